The fourth-order valence-corrected chi connectivity index (χ4v) is 1.11. The Hall–Kier alpha value is -1.35. The van der Waals surface area contributed by atoms with E-state index >= 15 is 0 Å². The minimum atomic E-state index is -0.436. The van der Waals surface area contributed by atoms with Crippen molar-refractivity contribution in [3.05, 3.63) is 12.5 Å². The maximum atomic E-state index is 11.2. The van der Waals surface area contributed by atoms with E-state index in [1.165, 1.54) is 17.8 Å². The number of hydroxylamine groups is 2. The van der Waals surface area contributed by atoms with Crippen molar-refractivity contribution in [1.82, 2.24) is 10.6 Å². The number of carbonyl (C=O) groups is 1. The second-order valence-corrected chi connectivity index (χ2v) is 3.00. The first-order chi connectivity index (χ1) is 7.84. The van der Waals surface area contributed by atoms with Crippen LogP contribution in [0.15, 0.2) is 12.5 Å². The van der Waals surface area contributed by atoms with E-state index in [1.54, 1.807) is 0 Å². The van der Waals surface area contributed by atoms with E-state index in [4.69, 9.17) is 24.2 Å². The van der Waals surface area contributed by atoms with Crippen molar-refractivity contribution in [1.29, 1.82) is 0 Å². The lowest BCUT2D eigenvalue weighted by atomic mass is 10.3. The Morgan fingerprint density at radius 2 is 1.94 bits per heavy atom. The topological polar surface area (TPSA) is 69.7 Å². The predicted molar refractivity (Wildman–Crippen MR) is 47.1 cm³/mol. The zero-order valence-electron chi connectivity index (χ0n) is 8.53. The minimum Gasteiger partial charge on any atom is -0.376 e. The van der Waals surface area contributed by atoms with E-state index < -0.39 is 5.97 Å². The highest BCUT2D eigenvalue weighted by Gasteiger charge is 2.19. The summed E-state index contributed by atoms with van der Waals surface area (Å²) in [5, 5.41) is 1.99. The van der Waals surface area contributed by atoms with Gasteiger partial charge in [-0.25, -0.2) is 9.68 Å². The van der Waals surface area contributed by atoms with Crippen LogP contribution in [0.2, 0.25) is 0 Å². The summed E-state index contributed by atoms with van der Waals surface area (Å²) >= 11 is 0. The van der Waals surface area contributed by atoms with Gasteiger partial charge in [0, 0.05) is 11.6 Å². The normalized spacial score (nSPS) is 20.8. The molecule has 0 bridgehead atoms. The second-order valence-electron chi connectivity index (χ2n) is 3.00. The van der Waals surface area contributed by atoms with Crippen LogP contribution in [-0.4, -0.2) is 36.3 Å². The average Bonchev–Trinajstić information content (AvgIpc) is 2.90. The maximum absolute atomic E-state index is 11.2. The standard InChI is InChI=1S/C8H12N2O6/c11-8(16-10-14-6-7-15-10)2-1-3-9-12-4-5-13-9/h4-5H,1-3,6-7H2. The smallest absolute Gasteiger partial charge is 0.330 e. The van der Waals surface area contributed by atoms with Gasteiger partial charge in [-0.1, -0.05) is 0 Å². The van der Waals surface area contributed by atoms with Gasteiger partial charge in [0.05, 0.1) is 6.54 Å². The largest absolute Gasteiger partial charge is 0.376 e. The third-order valence-corrected chi connectivity index (χ3v) is 1.79. The lowest BCUT2D eigenvalue weighted by Crippen LogP contribution is -2.23. The van der Waals surface area contributed by atoms with Crippen LogP contribution in [0.5, 0.6) is 0 Å². The summed E-state index contributed by atoms with van der Waals surface area (Å²) in [6, 6.07) is 0. The molecular weight excluding hydrogens is 220 g/mol. The summed E-state index contributed by atoms with van der Waals surface area (Å²) in [5.74, 6) is -0.436. The summed E-state index contributed by atoms with van der Waals surface area (Å²) in [5.41, 5.74) is 0. The molecule has 0 radical (unpaired) electrons. The van der Waals surface area contributed by atoms with Crippen LogP contribution >= 0.6 is 0 Å². The molecule has 90 valence electrons. The van der Waals surface area contributed by atoms with E-state index in [-0.39, 0.29) is 6.42 Å². The maximum Gasteiger partial charge on any atom is 0.330 e. The van der Waals surface area contributed by atoms with Crippen LogP contribution in [0.4, 0.5) is 0 Å². The predicted octanol–water partition coefficient (Wildman–Crippen LogP) is 0.0536. The monoisotopic (exact) mass is 232 g/mol. The fraction of sp³-hybridized carbons (Fsp3) is 0.625. The summed E-state index contributed by atoms with van der Waals surface area (Å²) in [6.45, 7) is 1.23. The highest BCUT2D eigenvalue weighted by atomic mass is 17.2. The summed E-state index contributed by atoms with van der Waals surface area (Å²) < 4.78 is 0. The van der Waals surface area contributed by atoms with Crippen LogP contribution in [0.3, 0.4) is 0 Å². The zero-order valence-corrected chi connectivity index (χ0v) is 8.53. The van der Waals surface area contributed by atoms with E-state index in [1.807, 2.05) is 0 Å². The van der Waals surface area contributed by atoms with E-state index in [0.717, 1.165) is 5.39 Å². The van der Waals surface area contributed by atoms with Crippen LogP contribution in [-0.2, 0) is 29.0 Å². The molecule has 0 spiro atoms. The van der Waals surface area contributed by atoms with E-state index in [0.29, 0.717) is 26.2 Å². The fourth-order valence-electron chi connectivity index (χ4n) is 1.11. The number of hydrogen-bond donors (Lipinski definition) is 0. The molecule has 8 heteroatoms. The molecule has 2 heterocycles. The third kappa shape index (κ3) is 3.35. The van der Waals surface area contributed by atoms with Crippen molar-refractivity contribution < 1.29 is 29.0 Å². The van der Waals surface area contributed by atoms with Gasteiger partial charge in [-0.15, -0.1) is 0 Å². The number of carbonyl (C=O) groups excluding carboxylic acids is 1. The van der Waals surface area contributed by atoms with Gasteiger partial charge in [0.2, 0.25) is 0 Å². The van der Waals surface area contributed by atoms with Gasteiger partial charge in [-0.3, -0.25) is 4.79 Å². The highest BCUT2D eigenvalue weighted by molar-refractivity contribution is 5.68. The molecule has 0 saturated carbocycles. The first kappa shape index (κ1) is 11.1. The molecule has 2 rings (SSSR count). The molecule has 0 aromatic carbocycles. The van der Waals surface area contributed by atoms with Crippen molar-refractivity contribution >= 4 is 5.97 Å². The van der Waals surface area contributed by atoms with Crippen LogP contribution in [0.25, 0.3) is 0 Å². The van der Waals surface area contributed by atoms with Crippen LogP contribution in [0.1, 0.15) is 12.8 Å². The molecule has 0 N–H and O–H groups in total. The molecule has 0 aromatic heterocycles. The number of hydrogen-bond acceptors (Lipinski definition) is 8. The third-order valence-electron chi connectivity index (χ3n) is 1.79. The van der Waals surface area contributed by atoms with Crippen LogP contribution < -0.4 is 0 Å². The molecular formula is C8H12N2O6. The molecule has 16 heavy (non-hydrogen) atoms. The summed E-state index contributed by atoms with van der Waals surface area (Å²) in [7, 11) is 0. The van der Waals surface area contributed by atoms with Crippen LogP contribution in [0, 0.1) is 0 Å². The van der Waals surface area contributed by atoms with E-state index in [2.05, 4.69) is 0 Å². The molecule has 0 amide bonds. The van der Waals surface area contributed by atoms with Gasteiger partial charge >= 0.3 is 5.97 Å². The Labute approximate surface area is 91.6 Å². The van der Waals surface area contributed by atoms with Gasteiger partial charge in [-0.05, 0) is 6.42 Å². The lowest BCUT2D eigenvalue weighted by molar-refractivity contribution is -0.460. The Kier molecular flexibility index (Phi) is 3.94. The minimum absolute atomic E-state index is 0.215. The SMILES string of the molecule is O=C(CCCN1OC=CO1)ON1OCCO1. The van der Waals surface area contributed by atoms with E-state index in [9.17, 15) is 4.79 Å². The molecule has 0 unspecified atom stereocenters. The van der Waals surface area contributed by atoms with Gasteiger partial charge in [-0.2, -0.15) is 0 Å². The first-order valence-electron chi connectivity index (χ1n) is 4.87. The Balaban J connectivity index is 1.53. The highest BCUT2D eigenvalue weighted by Crippen LogP contribution is 2.07. The molecule has 1 fully saturated rings. The second kappa shape index (κ2) is 5.66. The zero-order chi connectivity index (χ0) is 11.2. The summed E-state index contributed by atoms with van der Waals surface area (Å²) in [4.78, 5) is 35.3. The van der Waals surface area contributed by atoms with Crippen molar-refractivity contribution in [2.75, 3.05) is 19.8 Å². The van der Waals surface area contributed by atoms with Crippen molar-refractivity contribution in [3.63, 3.8) is 0 Å². The molecule has 0 aromatic rings. The van der Waals surface area contributed by atoms with Gasteiger partial charge in [0.1, 0.15) is 18.6 Å². The molecule has 0 atom stereocenters. The quantitative estimate of drug-likeness (QED) is 0.658. The Morgan fingerprint density at radius 1 is 1.25 bits per heavy atom. The molecule has 0 aliphatic carbocycles. The Bertz CT molecular complexity index is 257. The van der Waals surface area contributed by atoms with Gasteiger partial charge in [0.15, 0.2) is 12.5 Å². The first-order valence-corrected chi connectivity index (χ1v) is 4.87. The van der Waals surface area contributed by atoms with Gasteiger partial charge < -0.3 is 14.5 Å². The van der Waals surface area contributed by atoms with Crippen molar-refractivity contribution in [3.8, 4) is 0 Å². The average molecular weight is 232 g/mol. The molecule has 8 nitrogen and oxygen atoms in total. The number of rotatable bonds is 5. The Morgan fingerprint density at radius 3 is 2.62 bits per heavy atom. The van der Waals surface area contributed by atoms with Crippen molar-refractivity contribution in [2.45, 2.75) is 12.8 Å². The number of nitrogens with zero attached hydrogens (tertiary/aromatic N) is 2. The molecule has 2 aliphatic rings. The lowest BCUT2D eigenvalue weighted by Gasteiger charge is -2.12. The van der Waals surface area contributed by atoms with Crippen molar-refractivity contribution in [2.24, 2.45) is 0 Å². The summed E-state index contributed by atoms with van der Waals surface area (Å²) in [6.07, 6.45) is 3.56. The van der Waals surface area contributed by atoms with Gasteiger partial charge in [0.25, 0.3) is 0 Å². The molecule has 2 aliphatic heterocycles. The molecule has 1 saturated heterocycles.